The molecule has 0 radical (unpaired) electrons. The van der Waals surface area contributed by atoms with E-state index in [1.54, 1.807) is 11.8 Å². The van der Waals surface area contributed by atoms with Gasteiger partial charge >= 0.3 is 11.9 Å². The smallest absolute Gasteiger partial charge is 0.335 e. The number of azo groups is 1. The third-order valence-corrected chi connectivity index (χ3v) is 5.98. The molecule has 2 heterocycles. The molecule has 0 spiro atoms. The minimum absolute atomic E-state index is 0.0882. The van der Waals surface area contributed by atoms with Crippen LogP contribution in [-0.2, 0) is 5.41 Å². The minimum atomic E-state index is -1.27. The lowest BCUT2D eigenvalue weighted by molar-refractivity contribution is 0.0696. The molecule has 168 valence electrons. The molecular formula is C19H21N7O4S2. The molecule has 2 aromatic heterocycles. The first-order valence-electron chi connectivity index (χ1n) is 9.40. The Hall–Kier alpha value is -3.32. The third kappa shape index (κ3) is 4.94. The van der Waals surface area contributed by atoms with Crippen molar-refractivity contribution in [1.29, 1.82) is 0 Å². The molecule has 0 aliphatic heterocycles. The Morgan fingerprint density at radius 1 is 1.12 bits per heavy atom. The Morgan fingerprint density at radius 3 is 2.28 bits per heavy atom. The van der Waals surface area contributed by atoms with E-state index in [2.05, 4.69) is 25.5 Å². The van der Waals surface area contributed by atoms with Crippen LogP contribution in [0.4, 0.5) is 16.6 Å². The summed E-state index contributed by atoms with van der Waals surface area (Å²) < 4.78 is 2.04. The summed E-state index contributed by atoms with van der Waals surface area (Å²) in [5.74, 6) is -1.60. The SMILES string of the molecule is CCSc1nnc(N=Nc2c(C(C)(C)C)nn(-c3cc(C(=O)O)cc(C(=O)O)c3)c2N)s1. The molecule has 3 rings (SSSR count). The number of hydrogen-bond donors (Lipinski definition) is 3. The Kier molecular flexibility index (Phi) is 6.60. The summed E-state index contributed by atoms with van der Waals surface area (Å²) in [7, 11) is 0. The number of carboxylic acids is 2. The molecule has 11 nitrogen and oxygen atoms in total. The summed E-state index contributed by atoms with van der Waals surface area (Å²) >= 11 is 2.83. The van der Waals surface area contributed by atoms with Crippen molar-refractivity contribution in [1.82, 2.24) is 20.0 Å². The number of nitrogens with two attached hydrogens (primary N) is 1. The van der Waals surface area contributed by atoms with Crippen LogP contribution in [0.2, 0.25) is 0 Å². The van der Waals surface area contributed by atoms with E-state index in [-0.39, 0.29) is 28.3 Å². The number of nitrogen functional groups attached to an aromatic ring is 1. The number of carboxylic acid groups (broad SMARTS) is 2. The van der Waals surface area contributed by atoms with Gasteiger partial charge < -0.3 is 15.9 Å². The van der Waals surface area contributed by atoms with Gasteiger partial charge in [0.05, 0.1) is 22.5 Å². The van der Waals surface area contributed by atoms with Gasteiger partial charge in [0, 0.05) is 5.41 Å². The predicted molar refractivity (Wildman–Crippen MR) is 121 cm³/mol. The van der Waals surface area contributed by atoms with E-state index < -0.39 is 17.4 Å². The normalized spacial score (nSPS) is 11.9. The van der Waals surface area contributed by atoms with Crippen LogP contribution in [0.5, 0.6) is 0 Å². The zero-order chi connectivity index (χ0) is 23.6. The Bertz CT molecular complexity index is 1180. The van der Waals surface area contributed by atoms with Gasteiger partial charge in [0.1, 0.15) is 0 Å². The maximum atomic E-state index is 11.5. The summed E-state index contributed by atoms with van der Waals surface area (Å²) in [6.07, 6.45) is 0. The predicted octanol–water partition coefficient (Wildman–Crippen LogP) is 4.53. The van der Waals surface area contributed by atoms with Gasteiger partial charge in [-0.1, -0.05) is 50.8 Å². The number of rotatable bonds is 7. The summed E-state index contributed by atoms with van der Waals surface area (Å²) in [4.78, 5) is 23.0. The fourth-order valence-corrected chi connectivity index (χ4v) is 4.28. The van der Waals surface area contributed by atoms with Crippen molar-refractivity contribution in [3.63, 3.8) is 0 Å². The average molecular weight is 476 g/mol. The van der Waals surface area contributed by atoms with Crippen LogP contribution in [0.25, 0.3) is 5.69 Å². The fourth-order valence-electron chi connectivity index (χ4n) is 2.72. The monoisotopic (exact) mass is 475 g/mol. The molecular weight excluding hydrogens is 454 g/mol. The van der Waals surface area contributed by atoms with E-state index >= 15 is 0 Å². The van der Waals surface area contributed by atoms with Crippen LogP contribution < -0.4 is 5.73 Å². The Labute approximate surface area is 191 Å². The molecule has 32 heavy (non-hydrogen) atoms. The van der Waals surface area contributed by atoms with Gasteiger partial charge in [-0.05, 0) is 24.0 Å². The molecule has 0 saturated carbocycles. The van der Waals surface area contributed by atoms with Gasteiger partial charge in [0.25, 0.3) is 5.13 Å². The molecule has 0 atom stereocenters. The Balaban J connectivity index is 2.13. The number of hydrogen-bond acceptors (Lipinski definition) is 10. The van der Waals surface area contributed by atoms with E-state index in [1.807, 2.05) is 27.7 Å². The number of aromatic nitrogens is 4. The van der Waals surface area contributed by atoms with Crippen LogP contribution in [0.1, 0.15) is 54.1 Å². The largest absolute Gasteiger partial charge is 0.478 e. The average Bonchev–Trinajstić information content (AvgIpc) is 3.30. The number of carbonyl (C=O) groups is 2. The molecule has 0 bridgehead atoms. The highest BCUT2D eigenvalue weighted by Crippen LogP contribution is 2.38. The van der Waals surface area contributed by atoms with Crippen LogP contribution in [0.15, 0.2) is 32.8 Å². The Morgan fingerprint density at radius 2 is 1.75 bits per heavy atom. The van der Waals surface area contributed by atoms with Crippen LogP contribution in [0, 0.1) is 0 Å². The highest BCUT2D eigenvalue weighted by molar-refractivity contribution is 8.01. The number of benzene rings is 1. The highest BCUT2D eigenvalue weighted by Gasteiger charge is 2.27. The molecule has 3 aromatic rings. The van der Waals surface area contributed by atoms with Crippen molar-refractivity contribution in [2.24, 2.45) is 10.2 Å². The van der Waals surface area contributed by atoms with Crippen molar-refractivity contribution in [2.75, 3.05) is 11.5 Å². The second kappa shape index (κ2) is 9.04. The minimum Gasteiger partial charge on any atom is -0.478 e. The maximum absolute atomic E-state index is 11.5. The lowest BCUT2D eigenvalue weighted by Gasteiger charge is -2.15. The molecule has 0 unspecified atom stereocenters. The van der Waals surface area contributed by atoms with Crippen LogP contribution in [-0.4, -0.2) is 47.9 Å². The number of aromatic carboxylic acids is 2. The van der Waals surface area contributed by atoms with Gasteiger partial charge in [-0.25, -0.2) is 14.3 Å². The molecule has 0 saturated heterocycles. The summed E-state index contributed by atoms with van der Waals surface area (Å²) in [6, 6.07) is 3.66. The van der Waals surface area contributed by atoms with Gasteiger partial charge in [-0.2, -0.15) is 5.10 Å². The van der Waals surface area contributed by atoms with Crippen molar-refractivity contribution in [2.45, 2.75) is 37.4 Å². The summed E-state index contributed by atoms with van der Waals surface area (Å²) in [5.41, 5.74) is 6.40. The number of anilines is 1. The first-order valence-corrected chi connectivity index (χ1v) is 11.2. The second-order valence-electron chi connectivity index (χ2n) is 7.61. The highest BCUT2D eigenvalue weighted by atomic mass is 32.2. The van der Waals surface area contributed by atoms with Crippen LogP contribution in [0.3, 0.4) is 0 Å². The van der Waals surface area contributed by atoms with Crippen LogP contribution >= 0.6 is 23.1 Å². The lowest BCUT2D eigenvalue weighted by Crippen LogP contribution is -2.13. The first-order chi connectivity index (χ1) is 15.0. The van der Waals surface area contributed by atoms with Gasteiger partial charge in [-0.3, -0.25) is 0 Å². The second-order valence-corrected chi connectivity index (χ2v) is 10.1. The standard InChI is InChI=1S/C19H21N7O4S2/c1-5-31-18-24-23-17(32-18)22-21-12-13(19(2,3)4)25-26(14(12)20)11-7-9(15(27)28)6-10(8-11)16(29)30/h6-8H,5,20H2,1-4H3,(H,27,28)(H,29,30). The van der Waals surface area contributed by atoms with Gasteiger partial charge in [0.2, 0.25) is 0 Å². The molecule has 0 aliphatic carbocycles. The summed E-state index contributed by atoms with van der Waals surface area (Å²) in [5, 5.41) is 40.0. The molecule has 0 amide bonds. The topological polar surface area (TPSA) is 169 Å². The fraction of sp³-hybridized carbons (Fsp3) is 0.316. The molecule has 0 fully saturated rings. The van der Waals surface area contributed by atoms with E-state index in [0.29, 0.717) is 10.8 Å². The molecule has 1 aromatic carbocycles. The van der Waals surface area contributed by atoms with Gasteiger partial charge in [0.15, 0.2) is 15.8 Å². The van der Waals surface area contributed by atoms with E-state index in [4.69, 9.17) is 5.73 Å². The van der Waals surface area contributed by atoms with Gasteiger partial charge in [-0.15, -0.1) is 20.4 Å². The molecule has 0 aliphatic rings. The number of thioether (sulfide) groups is 1. The van der Waals surface area contributed by atoms with E-state index in [9.17, 15) is 19.8 Å². The first kappa shape index (κ1) is 23.3. The quantitative estimate of drug-likeness (QED) is 0.328. The number of nitrogens with zero attached hydrogens (tertiary/aromatic N) is 6. The van der Waals surface area contributed by atoms with Crippen molar-refractivity contribution >= 4 is 51.7 Å². The third-order valence-electron chi connectivity index (χ3n) is 4.16. The zero-order valence-electron chi connectivity index (χ0n) is 17.7. The lowest BCUT2D eigenvalue weighted by atomic mass is 9.91. The van der Waals surface area contributed by atoms with E-state index in [0.717, 1.165) is 16.2 Å². The zero-order valence-corrected chi connectivity index (χ0v) is 19.4. The van der Waals surface area contributed by atoms with Crippen molar-refractivity contribution in [3.05, 3.63) is 35.0 Å². The summed E-state index contributed by atoms with van der Waals surface area (Å²) in [6.45, 7) is 7.74. The van der Waals surface area contributed by atoms with E-state index in [1.165, 1.54) is 28.2 Å². The van der Waals surface area contributed by atoms with Crippen molar-refractivity contribution in [3.8, 4) is 5.69 Å². The van der Waals surface area contributed by atoms with Crippen molar-refractivity contribution < 1.29 is 19.8 Å². The molecule has 4 N–H and O–H groups in total. The molecule has 13 heteroatoms. The maximum Gasteiger partial charge on any atom is 0.335 e.